The van der Waals surface area contributed by atoms with E-state index in [2.05, 4.69) is 15.9 Å². The van der Waals surface area contributed by atoms with Gasteiger partial charge in [-0.25, -0.2) is 9.18 Å². The number of carbonyl (C=O) groups excluding carboxylic acids is 1. The fourth-order valence-corrected chi connectivity index (χ4v) is 3.05. The zero-order chi connectivity index (χ0) is 18.0. The number of aromatic nitrogens is 1. The molecule has 2 aromatic carbocycles. The van der Waals surface area contributed by atoms with E-state index in [9.17, 15) is 9.18 Å². The molecule has 0 N–H and O–H groups in total. The zero-order valence-electron chi connectivity index (χ0n) is 13.9. The third-order valence-corrected chi connectivity index (χ3v) is 4.52. The van der Waals surface area contributed by atoms with Gasteiger partial charge in [0.15, 0.2) is 0 Å². The molecule has 3 nitrogen and oxygen atoms in total. The van der Waals surface area contributed by atoms with Crippen LogP contribution in [0.1, 0.15) is 23.0 Å². The molecule has 0 aliphatic heterocycles. The summed E-state index contributed by atoms with van der Waals surface area (Å²) in [7, 11) is 0. The lowest BCUT2D eigenvalue weighted by molar-refractivity contribution is 0.0526. The Labute approximate surface area is 154 Å². The van der Waals surface area contributed by atoms with Crippen LogP contribution in [0.25, 0.3) is 16.8 Å². The Hall–Kier alpha value is -2.40. The zero-order valence-corrected chi connectivity index (χ0v) is 15.5. The molecule has 5 heteroatoms. The predicted octanol–water partition coefficient (Wildman–Crippen LogP) is 5.53. The molecule has 0 spiro atoms. The van der Waals surface area contributed by atoms with Crippen molar-refractivity contribution in [3.8, 4) is 16.8 Å². The molecule has 0 unspecified atom stereocenters. The van der Waals surface area contributed by atoms with Gasteiger partial charge in [-0.3, -0.25) is 0 Å². The van der Waals surface area contributed by atoms with E-state index in [0.29, 0.717) is 12.2 Å². The van der Waals surface area contributed by atoms with Gasteiger partial charge >= 0.3 is 5.97 Å². The second-order valence-corrected chi connectivity index (χ2v) is 6.49. The van der Waals surface area contributed by atoms with E-state index in [-0.39, 0.29) is 11.8 Å². The molecule has 0 radical (unpaired) electrons. The fourth-order valence-electron chi connectivity index (χ4n) is 2.78. The SMILES string of the molecule is CCOC(=O)c1c(-c2ccc(F)cc2)cn(-c2ccc(Br)cc2)c1C. The van der Waals surface area contributed by atoms with E-state index in [1.165, 1.54) is 12.1 Å². The molecule has 3 rings (SSSR count). The molecule has 128 valence electrons. The molecular formula is C20H17BrFNO2. The molecule has 25 heavy (non-hydrogen) atoms. The Morgan fingerprint density at radius 1 is 1.12 bits per heavy atom. The summed E-state index contributed by atoms with van der Waals surface area (Å²) < 4.78 is 21.4. The monoisotopic (exact) mass is 401 g/mol. The quantitative estimate of drug-likeness (QED) is 0.538. The van der Waals surface area contributed by atoms with Crippen LogP contribution < -0.4 is 0 Å². The number of ether oxygens (including phenoxy) is 1. The van der Waals surface area contributed by atoms with Gasteiger partial charge in [-0.2, -0.15) is 0 Å². The molecule has 3 aromatic rings. The second kappa shape index (κ2) is 7.23. The van der Waals surface area contributed by atoms with Crippen LogP contribution in [0, 0.1) is 12.7 Å². The van der Waals surface area contributed by atoms with E-state index in [1.807, 2.05) is 42.0 Å². The van der Waals surface area contributed by atoms with Gasteiger partial charge in [0.1, 0.15) is 5.82 Å². The molecule has 0 atom stereocenters. The Balaban J connectivity index is 2.18. The summed E-state index contributed by atoms with van der Waals surface area (Å²) in [6.45, 7) is 3.95. The molecule has 0 saturated heterocycles. The van der Waals surface area contributed by atoms with Gasteiger partial charge in [0.05, 0.1) is 12.2 Å². The van der Waals surface area contributed by atoms with Gasteiger partial charge in [-0.15, -0.1) is 0 Å². The molecule has 0 aliphatic rings. The van der Waals surface area contributed by atoms with Crippen molar-refractivity contribution in [3.63, 3.8) is 0 Å². The normalized spacial score (nSPS) is 10.7. The topological polar surface area (TPSA) is 31.2 Å². The maximum atomic E-state index is 13.3. The number of rotatable bonds is 4. The molecule has 0 bridgehead atoms. The molecule has 0 aliphatic carbocycles. The van der Waals surface area contributed by atoms with Crippen molar-refractivity contribution < 1.29 is 13.9 Å². The highest BCUT2D eigenvalue weighted by atomic mass is 79.9. The van der Waals surface area contributed by atoms with Crippen LogP contribution in [0.5, 0.6) is 0 Å². The van der Waals surface area contributed by atoms with Crippen LogP contribution in [0.3, 0.4) is 0 Å². The number of benzene rings is 2. The summed E-state index contributed by atoms with van der Waals surface area (Å²) in [5.41, 5.74) is 3.69. The largest absolute Gasteiger partial charge is 0.462 e. The average molecular weight is 402 g/mol. The van der Waals surface area contributed by atoms with Crippen molar-refractivity contribution in [1.29, 1.82) is 0 Å². The first-order valence-electron chi connectivity index (χ1n) is 7.92. The Morgan fingerprint density at radius 2 is 1.76 bits per heavy atom. The summed E-state index contributed by atoms with van der Waals surface area (Å²) in [5.74, 6) is -0.694. The second-order valence-electron chi connectivity index (χ2n) is 5.58. The van der Waals surface area contributed by atoms with Crippen molar-refractivity contribution in [3.05, 3.63) is 76.3 Å². The highest BCUT2D eigenvalue weighted by molar-refractivity contribution is 9.10. The van der Waals surface area contributed by atoms with Crippen LogP contribution in [-0.4, -0.2) is 17.1 Å². The summed E-state index contributed by atoms with van der Waals surface area (Å²) in [6.07, 6.45) is 1.89. The van der Waals surface area contributed by atoms with E-state index in [4.69, 9.17) is 4.74 Å². The minimum atomic E-state index is -0.379. The van der Waals surface area contributed by atoms with Crippen molar-refractivity contribution in [2.45, 2.75) is 13.8 Å². The number of hydrogen-bond donors (Lipinski definition) is 0. The average Bonchev–Trinajstić information content (AvgIpc) is 2.94. The van der Waals surface area contributed by atoms with Crippen molar-refractivity contribution in [1.82, 2.24) is 4.57 Å². The summed E-state index contributed by atoms with van der Waals surface area (Å²) in [5, 5.41) is 0. The van der Waals surface area contributed by atoms with Crippen molar-refractivity contribution in [2.24, 2.45) is 0 Å². The highest BCUT2D eigenvalue weighted by Crippen LogP contribution is 2.31. The molecule has 0 fully saturated rings. The summed E-state index contributed by atoms with van der Waals surface area (Å²) in [6, 6.07) is 13.9. The lowest BCUT2D eigenvalue weighted by atomic mass is 10.0. The van der Waals surface area contributed by atoms with Gasteiger partial charge in [0.25, 0.3) is 0 Å². The van der Waals surface area contributed by atoms with Gasteiger partial charge in [0, 0.05) is 27.6 Å². The maximum absolute atomic E-state index is 13.3. The van der Waals surface area contributed by atoms with Crippen LogP contribution in [-0.2, 0) is 4.74 Å². The van der Waals surface area contributed by atoms with Crippen LogP contribution >= 0.6 is 15.9 Å². The van der Waals surface area contributed by atoms with Gasteiger partial charge < -0.3 is 9.30 Å². The first-order chi connectivity index (χ1) is 12.0. The van der Waals surface area contributed by atoms with Gasteiger partial charge in [0.2, 0.25) is 0 Å². The molecule has 1 heterocycles. The number of esters is 1. The standard InChI is InChI=1S/C20H17BrFNO2/c1-3-25-20(24)19-13(2)23(17-10-6-15(21)7-11-17)12-18(19)14-4-8-16(22)9-5-14/h4-12H,3H2,1-2H3. The molecular weight excluding hydrogens is 385 g/mol. The first-order valence-corrected chi connectivity index (χ1v) is 8.71. The highest BCUT2D eigenvalue weighted by Gasteiger charge is 2.22. The molecule has 0 amide bonds. The lowest BCUT2D eigenvalue weighted by Gasteiger charge is -2.07. The summed E-state index contributed by atoms with van der Waals surface area (Å²) in [4.78, 5) is 12.5. The Morgan fingerprint density at radius 3 is 2.36 bits per heavy atom. The van der Waals surface area contributed by atoms with E-state index >= 15 is 0 Å². The number of nitrogens with zero attached hydrogens (tertiary/aromatic N) is 1. The molecule has 0 saturated carbocycles. The van der Waals surface area contributed by atoms with Crippen molar-refractivity contribution in [2.75, 3.05) is 6.61 Å². The van der Waals surface area contributed by atoms with Crippen LogP contribution in [0.2, 0.25) is 0 Å². The first kappa shape index (κ1) is 17.4. The minimum absolute atomic E-state index is 0.296. The Kier molecular flexibility index (Phi) is 5.04. The molecule has 1 aromatic heterocycles. The van der Waals surface area contributed by atoms with Crippen molar-refractivity contribution >= 4 is 21.9 Å². The maximum Gasteiger partial charge on any atom is 0.340 e. The number of hydrogen-bond acceptors (Lipinski definition) is 2. The van der Waals surface area contributed by atoms with Crippen LogP contribution in [0.15, 0.2) is 59.2 Å². The van der Waals surface area contributed by atoms with Crippen LogP contribution in [0.4, 0.5) is 4.39 Å². The third kappa shape index (κ3) is 3.51. The fraction of sp³-hybridized carbons (Fsp3) is 0.150. The van der Waals surface area contributed by atoms with Gasteiger partial charge in [-0.05, 0) is 55.8 Å². The summed E-state index contributed by atoms with van der Waals surface area (Å²) >= 11 is 3.42. The number of halogens is 2. The Bertz CT molecular complexity index is 899. The van der Waals surface area contributed by atoms with E-state index in [1.54, 1.807) is 19.1 Å². The smallest absolute Gasteiger partial charge is 0.340 e. The van der Waals surface area contributed by atoms with E-state index < -0.39 is 0 Å². The van der Waals surface area contributed by atoms with Gasteiger partial charge in [-0.1, -0.05) is 28.1 Å². The number of carbonyl (C=O) groups is 1. The minimum Gasteiger partial charge on any atom is -0.462 e. The van der Waals surface area contributed by atoms with E-state index in [0.717, 1.165) is 27.0 Å². The lowest BCUT2D eigenvalue weighted by Crippen LogP contribution is -2.07. The predicted molar refractivity (Wildman–Crippen MR) is 99.6 cm³/mol. The third-order valence-electron chi connectivity index (χ3n) is 3.99.